The summed E-state index contributed by atoms with van der Waals surface area (Å²) in [7, 11) is 3.69. The first-order valence-electron chi connectivity index (χ1n) is 15.7. The molecule has 3 fully saturated rings. The fourth-order valence-electron chi connectivity index (χ4n) is 6.95. The van der Waals surface area contributed by atoms with Crippen LogP contribution in [-0.4, -0.2) is 91.6 Å². The number of hydrogen-bond acceptors (Lipinski definition) is 10. The van der Waals surface area contributed by atoms with Crippen molar-refractivity contribution in [2.45, 2.75) is 89.9 Å². The molecule has 3 aliphatic rings. The average Bonchev–Trinajstić information content (AvgIpc) is 3.00. The first-order chi connectivity index (χ1) is 21.2. The third-order valence-electron chi connectivity index (χ3n) is 9.43. The van der Waals surface area contributed by atoms with Crippen LogP contribution in [0.4, 0.5) is 11.5 Å². The van der Waals surface area contributed by atoms with Gasteiger partial charge in [-0.2, -0.15) is 0 Å². The second-order valence-electron chi connectivity index (χ2n) is 12.3. The van der Waals surface area contributed by atoms with Gasteiger partial charge < -0.3 is 29.7 Å². The van der Waals surface area contributed by atoms with Gasteiger partial charge in [-0.1, -0.05) is 26.2 Å². The maximum absolute atomic E-state index is 14.3. The summed E-state index contributed by atoms with van der Waals surface area (Å²) in [6.07, 6.45) is 10.4. The lowest BCUT2D eigenvalue weighted by Crippen LogP contribution is -2.67. The molecule has 3 aromatic heterocycles. The minimum atomic E-state index is -0.338. The standard InChI is InChI=1S/C31H41N9O4/c1-5-20-27(38-13-14-39(22-12-11-21(22)38)31(44)26-28(42)18(2)33-17-34-26)29(43)25-30(32-15-23(36-25)37(3)4)40(20)16-24(41)35-19-9-7-6-8-10-19/h15,17,19,21-22,42H,5-14,16H2,1-4H3,(H,35,41)/t21-,22-/m0/s1. The molecule has 0 radical (unpaired) electrons. The van der Waals surface area contributed by atoms with Gasteiger partial charge in [0.05, 0.1) is 17.9 Å². The second-order valence-corrected chi connectivity index (χ2v) is 12.3. The van der Waals surface area contributed by atoms with Gasteiger partial charge in [0.15, 0.2) is 22.6 Å². The van der Waals surface area contributed by atoms with Crippen LogP contribution < -0.4 is 20.5 Å². The van der Waals surface area contributed by atoms with Crippen LogP contribution in [0.25, 0.3) is 11.2 Å². The first kappa shape index (κ1) is 29.8. The molecule has 2 saturated carbocycles. The SMILES string of the molecule is CCc1c(N2CCN(C(=O)c3ncnc(C)c3O)[C@H]3CC[C@@H]32)c(=O)c2nc(N(C)C)cnc2n1CC(=O)NC1CCCCC1. The van der Waals surface area contributed by atoms with Crippen molar-refractivity contribution in [1.82, 2.24) is 34.7 Å². The van der Waals surface area contributed by atoms with Crippen molar-refractivity contribution in [3.63, 3.8) is 0 Å². The number of pyridine rings is 1. The number of rotatable bonds is 7. The number of aryl methyl sites for hydroxylation is 1. The predicted octanol–water partition coefficient (Wildman–Crippen LogP) is 2.17. The molecule has 2 amide bonds. The highest BCUT2D eigenvalue weighted by atomic mass is 16.3. The van der Waals surface area contributed by atoms with E-state index in [0.29, 0.717) is 42.4 Å². The van der Waals surface area contributed by atoms with Crippen LogP contribution in [0.5, 0.6) is 5.75 Å². The highest BCUT2D eigenvalue weighted by Crippen LogP contribution is 2.38. The van der Waals surface area contributed by atoms with E-state index >= 15 is 0 Å². The van der Waals surface area contributed by atoms with Crippen molar-refractivity contribution in [2.75, 3.05) is 37.0 Å². The summed E-state index contributed by atoms with van der Waals surface area (Å²) in [4.78, 5) is 64.4. The van der Waals surface area contributed by atoms with Gasteiger partial charge in [0, 0.05) is 45.0 Å². The quantitative estimate of drug-likeness (QED) is 0.411. The van der Waals surface area contributed by atoms with E-state index < -0.39 is 0 Å². The van der Waals surface area contributed by atoms with Gasteiger partial charge in [0.25, 0.3) is 5.91 Å². The Hall–Kier alpha value is -4.29. The molecule has 2 aliphatic carbocycles. The molecule has 4 heterocycles. The van der Waals surface area contributed by atoms with Gasteiger partial charge in [-0.3, -0.25) is 14.4 Å². The lowest BCUT2D eigenvalue weighted by atomic mass is 9.81. The molecular weight excluding hydrogens is 562 g/mol. The first-order valence-corrected chi connectivity index (χ1v) is 15.7. The molecule has 13 heteroatoms. The molecule has 13 nitrogen and oxygen atoms in total. The van der Waals surface area contributed by atoms with Crippen molar-refractivity contribution in [2.24, 2.45) is 0 Å². The molecule has 6 rings (SSSR count). The highest BCUT2D eigenvalue weighted by Gasteiger charge is 2.47. The zero-order valence-electron chi connectivity index (χ0n) is 25.9. The summed E-state index contributed by atoms with van der Waals surface area (Å²) in [6.45, 7) is 4.43. The molecule has 0 aromatic carbocycles. The van der Waals surface area contributed by atoms with E-state index in [1.165, 1.54) is 12.7 Å². The molecule has 0 spiro atoms. The average molecular weight is 604 g/mol. The van der Waals surface area contributed by atoms with E-state index in [1.807, 2.05) is 25.6 Å². The van der Waals surface area contributed by atoms with Crippen LogP contribution in [0.1, 0.15) is 73.7 Å². The van der Waals surface area contributed by atoms with E-state index in [1.54, 1.807) is 22.9 Å². The van der Waals surface area contributed by atoms with Gasteiger partial charge in [-0.05, 0) is 39.0 Å². The molecule has 2 N–H and O–H groups in total. The van der Waals surface area contributed by atoms with Crippen LogP contribution in [0.15, 0.2) is 17.3 Å². The van der Waals surface area contributed by atoms with E-state index in [-0.39, 0.29) is 58.9 Å². The third kappa shape index (κ3) is 5.22. The number of carbonyl (C=O) groups excluding carboxylic acids is 2. The molecule has 234 valence electrons. The van der Waals surface area contributed by atoms with Crippen LogP contribution in [0, 0.1) is 6.92 Å². The number of hydrogen-bond donors (Lipinski definition) is 2. The predicted molar refractivity (Wildman–Crippen MR) is 166 cm³/mol. The number of anilines is 2. The van der Waals surface area contributed by atoms with Crippen molar-refractivity contribution < 1.29 is 14.7 Å². The molecule has 3 aromatic rings. The summed E-state index contributed by atoms with van der Waals surface area (Å²) in [5.74, 6) is -0.0871. The summed E-state index contributed by atoms with van der Waals surface area (Å²) in [5.41, 5.74) is 2.02. The Labute approximate surface area is 256 Å². The van der Waals surface area contributed by atoms with Crippen molar-refractivity contribution in [3.8, 4) is 5.75 Å². The second kappa shape index (κ2) is 12.0. The van der Waals surface area contributed by atoms with Crippen LogP contribution >= 0.6 is 0 Å². The Balaban J connectivity index is 1.38. The van der Waals surface area contributed by atoms with Crippen molar-refractivity contribution in [1.29, 1.82) is 0 Å². The number of aromatic nitrogens is 5. The molecule has 0 unspecified atom stereocenters. The lowest BCUT2D eigenvalue weighted by molar-refractivity contribution is -0.122. The van der Waals surface area contributed by atoms with Crippen molar-refractivity contribution in [3.05, 3.63) is 39.8 Å². The Kier molecular flexibility index (Phi) is 8.12. The van der Waals surface area contributed by atoms with Gasteiger partial charge in [-0.15, -0.1) is 0 Å². The monoisotopic (exact) mass is 603 g/mol. The largest absolute Gasteiger partial charge is 0.504 e. The van der Waals surface area contributed by atoms with Crippen LogP contribution in [-0.2, 0) is 17.8 Å². The Morgan fingerprint density at radius 2 is 1.80 bits per heavy atom. The molecule has 44 heavy (non-hydrogen) atoms. The minimum absolute atomic E-state index is 0.00521. The molecule has 1 aliphatic heterocycles. The number of nitrogens with zero attached hydrogens (tertiary/aromatic N) is 8. The number of carbonyl (C=O) groups is 2. The number of nitrogens with one attached hydrogen (secondary N) is 1. The molecule has 0 bridgehead atoms. The fraction of sp³-hybridized carbons (Fsp3) is 0.581. The maximum Gasteiger partial charge on any atom is 0.276 e. The van der Waals surface area contributed by atoms with E-state index in [4.69, 9.17) is 4.98 Å². The Bertz CT molecular complexity index is 1650. The number of amides is 2. The molecular formula is C31H41N9O4. The van der Waals surface area contributed by atoms with Gasteiger partial charge in [-0.25, -0.2) is 19.9 Å². The Morgan fingerprint density at radius 1 is 1.05 bits per heavy atom. The smallest absolute Gasteiger partial charge is 0.276 e. The van der Waals surface area contributed by atoms with E-state index in [0.717, 1.165) is 44.2 Å². The van der Waals surface area contributed by atoms with E-state index in [9.17, 15) is 19.5 Å². The fourth-order valence-corrected chi connectivity index (χ4v) is 6.95. The number of aromatic hydroxyl groups is 1. The summed E-state index contributed by atoms with van der Waals surface area (Å²) in [6, 6.07) is -0.0759. The van der Waals surface area contributed by atoms with Gasteiger partial charge in [0.2, 0.25) is 11.3 Å². The number of fused-ring (bicyclic) bond motifs is 2. The highest BCUT2D eigenvalue weighted by molar-refractivity contribution is 5.95. The summed E-state index contributed by atoms with van der Waals surface area (Å²) in [5, 5.41) is 13.7. The maximum atomic E-state index is 14.3. The van der Waals surface area contributed by atoms with Crippen LogP contribution in [0.2, 0.25) is 0 Å². The summed E-state index contributed by atoms with van der Waals surface area (Å²) >= 11 is 0. The van der Waals surface area contributed by atoms with Crippen molar-refractivity contribution >= 4 is 34.5 Å². The zero-order chi connectivity index (χ0) is 31.1. The van der Waals surface area contributed by atoms with Gasteiger partial charge >= 0.3 is 0 Å². The summed E-state index contributed by atoms with van der Waals surface area (Å²) < 4.78 is 1.86. The minimum Gasteiger partial charge on any atom is -0.504 e. The zero-order valence-corrected chi connectivity index (χ0v) is 25.9. The third-order valence-corrected chi connectivity index (χ3v) is 9.43. The van der Waals surface area contributed by atoms with Gasteiger partial charge in [0.1, 0.15) is 24.4 Å². The molecule has 1 saturated heterocycles. The number of piperazine rings is 1. The van der Waals surface area contributed by atoms with E-state index in [2.05, 4.69) is 25.2 Å². The Morgan fingerprint density at radius 3 is 2.48 bits per heavy atom. The topological polar surface area (TPSA) is 150 Å². The normalized spacial score (nSPS) is 20.3. The lowest BCUT2D eigenvalue weighted by Gasteiger charge is -2.54. The molecule has 2 atom stereocenters. The van der Waals surface area contributed by atoms with Crippen LogP contribution in [0.3, 0.4) is 0 Å².